The van der Waals surface area contributed by atoms with Crippen LogP contribution in [0.15, 0.2) is 38.8 Å². The number of carbonyl (C=O) groups excluding carboxylic acids is 1. The maximum atomic E-state index is 12.9. The number of aromatic nitrogens is 2. The van der Waals surface area contributed by atoms with Gasteiger partial charge in [-0.25, -0.2) is 8.42 Å². The number of hydrogen-bond donors (Lipinski definition) is 0. The van der Waals surface area contributed by atoms with Gasteiger partial charge in [0.15, 0.2) is 0 Å². The van der Waals surface area contributed by atoms with Crippen LogP contribution < -0.4 is 0 Å². The van der Waals surface area contributed by atoms with Crippen LogP contribution in [0.3, 0.4) is 0 Å². The fourth-order valence-electron chi connectivity index (χ4n) is 3.90. The van der Waals surface area contributed by atoms with E-state index in [9.17, 15) is 13.2 Å². The fourth-order valence-corrected chi connectivity index (χ4v) is 6.13. The summed E-state index contributed by atoms with van der Waals surface area (Å²) in [6, 6.07) is 6.60. The molecule has 2 aromatic rings. The summed E-state index contributed by atoms with van der Waals surface area (Å²) >= 11 is 1.21. The smallest absolute Gasteiger partial charge is 0.277 e. The number of rotatable bonds is 6. The molecule has 2 fully saturated rings. The molecule has 0 atom stereocenters. The van der Waals surface area contributed by atoms with Crippen LogP contribution in [0.25, 0.3) is 11.5 Å². The number of nitrogens with zero attached hydrogens (tertiary/aromatic N) is 4. The molecule has 2 saturated heterocycles. The molecule has 0 N–H and O–H groups in total. The van der Waals surface area contributed by atoms with Crippen molar-refractivity contribution in [3.8, 4) is 11.5 Å². The van der Waals surface area contributed by atoms with Crippen LogP contribution in [-0.4, -0.2) is 65.7 Å². The first-order chi connectivity index (χ1) is 14.9. The number of thioether (sulfide) groups is 1. The van der Waals surface area contributed by atoms with Gasteiger partial charge >= 0.3 is 0 Å². The Balaban J connectivity index is 1.41. The number of sulfonamides is 1. The Morgan fingerprint density at radius 1 is 1.13 bits per heavy atom. The van der Waals surface area contributed by atoms with Gasteiger partial charge < -0.3 is 9.32 Å². The molecule has 3 heterocycles. The fraction of sp³-hybridized carbons (Fsp3) is 0.571. The van der Waals surface area contributed by atoms with Crippen LogP contribution in [0.2, 0.25) is 0 Å². The topological polar surface area (TPSA) is 96.6 Å². The third-order valence-electron chi connectivity index (χ3n) is 5.90. The molecule has 1 aromatic heterocycles. The second kappa shape index (κ2) is 9.70. The van der Waals surface area contributed by atoms with Crippen LogP contribution >= 0.6 is 11.8 Å². The van der Waals surface area contributed by atoms with E-state index >= 15 is 0 Å². The van der Waals surface area contributed by atoms with Gasteiger partial charge in [-0.15, -0.1) is 10.2 Å². The Morgan fingerprint density at radius 3 is 2.61 bits per heavy atom. The summed E-state index contributed by atoms with van der Waals surface area (Å²) in [5.74, 6) is 1.24. The lowest BCUT2D eigenvalue weighted by atomic mass is 9.99. The number of piperidine rings is 2. The zero-order valence-corrected chi connectivity index (χ0v) is 19.3. The molecule has 0 aliphatic carbocycles. The second-order valence-electron chi connectivity index (χ2n) is 8.22. The van der Waals surface area contributed by atoms with E-state index < -0.39 is 10.0 Å². The Morgan fingerprint density at radius 2 is 1.87 bits per heavy atom. The molecule has 8 nitrogen and oxygen atoms in total. The Bertz CT molecular complexity index is 1010. The van der Waals surface area contributed by atoms with E-state index in [0.29, 0.717) is 29.8 Å². The summed E-state index contributed by atoms with van der Waals surface area (Å²) in [5.41, 5.74) is 0.550. The number of benzene rings is 1. The van der Waals surface area contributed by atoms with E-state index in [4.69, 9.17) is 4.42 Å². The van der Waals surface area contributed by atoms with Crippen molar-refractivity contribution >= 4 is 27.7 Å². The zero-order chi connectivity index (χ0) is 21.8. The monoisotopic (exact) mass is 464 g/mol. The van der Waals surface area contributed by atoms with Crippen molar-refractivity contribution in [1.82, 2.24) is 19.4 Å². The van der Waals surface area contributed by atoms with E-state index in [-0.39, 0.29) is 22.4 Å². The highest BCUT2D eigenvalue weighted by Crippen LogP contribution is 2.27. The van der Waals surface area contributed by atoms with Crippen molar-refractivity contribution in [2.75, 3.05) is 31.9 Å². The Labute approximate surface area is 187 Å². The lowest BCUT2D eigenvalue weighted by molar-refractivity contribution is -0.129. The molecule has 0 radical (unpaired) electrons. The van der Waals surface area contributed by atoms with Gasteiger partial charge in [-0.05, 0) is 49.8 Å². The molecular weight excluding hydrogens is 436 g/mol. The van der Waals surface area contributed by atoms with Crippen molar-refractivity contribution in [3.63, 3.8) is 0 Å². The highest BCUT2D eigenvalue weighted by atomic mass is 32.2. The van der Waals surface area contributed by atoms with Gasteiger partial charge in [0.25, 0.3) is 5.22 Å². The van der Waals surface area contributed by atoms with Gasteiger partial charge in [0.2, 0.25) is 21.8 Å². The Hall–Kier alpha value is -1.91. The molecule has 4 rings (SSSR count). The second-order valence-corrected chi connectivity index (χ2v) is 11.1. The molecule has 31 heavy (non-hydrogen) atoms. The van der Waals surface area contributed by atoms with Crippen molar-refractivity contribution in [1.29, 1.82) is 0 Å². The average Bonchev–Trinajstić information content (AvgIpc) is 3.28. The maximum Gasteiger partial charge on any atom is 0.277 e. The Kier molecular flexibility index (Phi) is 6.98. The van der Waals surface area contributed by atoms with E-state index in [2.05, 4.69) is 17.1 Å². The maximum absolute atomic E-state index is 12.9. The SMILES string of the molecule is CC1CCN(C(=O)CSc2nnc(-c3cccc(S(=O)(=O)N4CCCCC4)c3)o2)CC1. The molecule has 10 heteroatoms. The standard InChI is InChI=1S/C21H28N4O4S2/c1-16-8-12-24(13-9-16)19(26)15-30-21-23-22-20(29-21)17-6-5-7-18(14-17)31(27,28)25-10-3-2-4-11-25/h5-7,14,16H,2-4,8-13,15H2,1H3. The molecule has 168 valence electrons. The van der Waals surface area contributed by atoms with Gasteiger partial charge in [-0.1, -0.05) is 31.2 Å². The number of carbonyl (C=O) groups is 1. The number of hydrogen-bond acceptors (Lipinski definition) is 7. The van der Waals surface area contributed by atoms with Crippen LogP contribution in [0.1, 0.15) is 39.0 Å². The number of likely N-dealkylation sites (tertiary alicyclic amines) is 1. The van der Waals surface area contributed by atoms with E-state index in [1.165, 1.54) is 16.1 Å². The van der Waals surface area contributed by atoms with Gasteiger partial charge in [-0.2, -0.15) is 4.31 Å². The summed E-state index contributed by atoms with van der Waals surface area (Å²) in [7, 11) is -3.54. The molecule has 0 saturated carbocycles. The molecule has 0 unspecified atom stereocenters. The first-order valence-corrected chi connectivity index (χ1v) is 13.2. The number of amides is 1. The lowest BCUT2D eigenvalue weighted by Gasteiger charge is -2.30. The van der Waals surface area contributed by atoms with Crippen LogP contribution in [0.4, 0.5) is 0 Å². The van der Waals surface area contributed by atoms with Crippen LogP contribution in [0, 0.1) is 5.92 Å². The van der Waals surface area contributed by atoms with Gasteiger partial charge in [0.1, 0.15) is 0 Å². The van der Waals surface area contributed by atoms with Gasteiger partial charge in [0.05, 0.1) is 10.6 Å². The van der Waals surface area contributed by atoms with Crippen LogP contribution in [0.5, 0.6) is 0 Å². The molecule has 1 amide bonds. The minimum absolute atomic E-state index is 0.0753. The van der Waals surface area contributed by atoms with Gasteiger partial charge in [0, 0.05) is 31.7 Å². The van der Waals surface area contributed by atoms with Crippen molar-refractivity contribution < 1.29 is 17.6 Å². The minimum Gasteiger partial charge on any atom is -0.411 e. The predicted octanol–water partition coefficient (Wildman–Crippen LogP) is 3.26. The van der Waals surface area contributed by atoms with Crippen LogP contribution in [-0.2, 0) is 14.8 Å². The third-order valence-corrected chi connectivity index (χ3v) is 8.59. The highest BCUT2D eigenvalue weighted by Gasteiger charge is 2.26. The van der Waals surface area contributed by atoms with E-state index in [0.717, 1.165) is 45.2 Å². The third kappa shape index (κ3) is 5.30. The van der Waals surface area contributed by atoms with Gasteiger partial charge in [-0.3, -0.25) is 4.79 Å². The molecule has 0 bridgehead atoms. The summed E-state index contributed by atoms with van der Waals surface area (Å²) in [6.07, 6.45) is 4.92. The minimum atomic E-state index is -3.54. The first kappa shape index (κ1) is 22.3. The highest BCUT2D eigenvalue weighted by molar-refractivity contribution is 7.99. The predicted molar refractivity (Wildman–Crippen MR) is 118 cm³/mol. The van der Waals surface area contributed by atoms with E-state index in [1.807, 2.05) is 4.90 Å². The van der Waals surface area contributed by atoms with E-state index in [1.54, 1.807) is 24.3 Å². The summed E-state index contributed by atoms with van der Waals surface area (Å²) < 4.78 is 33.1. The summed E-state index contributed by atoms with van der Waals surface area (Å²) in [4.78, 5) is 14.5. The summed E-state index contributed by atoms with van der Waals surface area (Å²) in [5, 5.41) is 8.37. The van der Waals surface area contributed by atoms with Crippen molar-refractivity contribution in [3.05, 3.63) is 24.3 Å². The lowest BCUT2D eigenvalue weighted by Crippen LogP contribution is -2.38. The molecular formula is C21H28N4O4S2. The summed E-state index contributed by atoms with van der Waals surface area (Å²) in [6.45, 7) is 4.92. The molecule has 2 aliphatic heterocycles. The normalized spacial score (nSPS) is 18.9. The van der Waals surface area contributed by atoms with Crippen molar-refractivity contribution in [2.45, 2.75) is 49.1 Å². The molecule has 0 spiro atoms. The average molecular weight is 465 g/mol. The molecule has 1 aromatic carbocycles. The van der Waals surface area contributed by atoms with Crippen molar-refractivity contribution in [2.24, 2.45) is 5.92 Å². The largest absolute Gasteiger partial charge is 0.411 e. The zero-order valence-electron chi connectivity index (χ0n) is 17.7. The first-order valence-electron chi connectivity index (χ1n) is 10.8. The quantitative estimate of drug-likeness (QED) is 0.605. The molecule has 2 aliphatic rings.